The Morgan fingerprint density at radius 3 is 2.55 bits per heavy atom. The van der Waals surface area contributed by atoms with Gasteiger partial charge in [-0.3, -0.25) is 0 Å². The first-order valence-corrected chi connectivity index (χ1v) is 8.31. The van der Waals surface area contributed by atoms with Gasteiger partial charge in [0, 0.05) is 17.8 Å². The van der Waals surface area contributed by atoms with Crippen molar-refractivity contribution in [2.75, 3.05) is 5.32 Å². The molecule has 2 nitrogen and oxygen atoms in total. The van der Waals surface area contributed by atoms with Gasteiger partial charge in [0.2, 0.25) is 0 Å². The summed E-state index contributed by atoms with van der Waals surface area (Å²) < 4.78 is 5.90. The van der Waals surface area contributed by atoms with E-state index in [1.807, 2.05) is 0 Å². The lowest BCUT2D eigenvalue weighted by atomic mass is 9.96. The first-order valence-electron chi connectivity index (χ1n) is 8.31. The maximum absolute atomic E-state index is 5.90. The van der Waals surface area contributed by atoms with Gasteiger partial charge in [-0.2, -0.15) is 0 Å². The molecule has 2 heteroatoms. The maximum atomic E-state index is 5.90. The highest BCUT2D eigenvalue weighted by Crippen LogP contribution is 2.24. The molecule has 1 unspecified atom stereocenters. The molecule has 1 aromatic carbocycles. The van der Waals surface area contributed by atoms with Gasteiger partial charge in [0.1, 0.15) is 5.75 Å². The molecule has 1 atom stereocenters. The van der Waals surface area contributed by atoms with Crippen molar-refractivity contribution in [1.82, 2.24) is 0 Å². The summed E-state index contributed by atoms with van der Waals surface area (Å²) in [5, 5.41) is 3.70. The molecule has 112 valence electrons. The van der Waals surface area contributed by atoms with Crippen LogP contribution in [0.3, 0.4) is 0 Å². The molecule has 1 aromatic rings. The third-order valence-electron chi connectivity index (χ3n) is 4.22. The SMILES string of the molecule is CCC(C)Oc1cccc(NC2CCCCCCC2)c1. The average Bonchev–Trinajstić information content (AvgIpc) is 2.42. The van der Waals surface area contributed by atoms with Crippen molar-refractivity contribution >= 4 is 5.69 Å². The summed E-state index contributed by atoms with van der Waals surface area (Å²) in [5.74, 6) is 0.982. The van der Waals surface area contributed by atoms with E-state index in [0.29, 0.717) is 6.04 Å². The summed E-state index contributed by atoms with van der Waals surface area (Å²) in [5.41, 5.74) is 1.20. The van der Waals surface area contributed by atoms with Gasteiger partial charge < -0.3 is 10.1 Å². The third-order valence-corrected chi connectivity index (χ3v) is 4.22. The van der Waals surface area contributed by atoms with Gasteiger partial charge in [-0.15, -0.1) is 0 Å². The predicted molar refractivity (Wildman–Crippen MR) is 86.6 cm³/mol. The lowest BCUT2D eigenvalue weighted by molar-refractivity contribution is 0.217. The van der Waals surface area contributed by atoms with Crippen molar-refractivity contribution in [2.45, 2.75) is 77.4 Å². The Kier molecular flexibility index (Phi) is 6.23. The molecule has 20 heavy (non-hydrogen) atoms. The molecule has 2 rings (SSSR count). The first-order chi connectivity index (χ1) is 9.78. The van der Waals surface area contributed by atoms with Crippen LogP contribution in [0.1, 0.15) is 65.2 Å². The second-order valence-electron chi connectivity index (χ2n) is 6.05. The van der Waals surface area contributed by atoms with Gasteiger partial charge in [0.05, 0.1) is 6.10 Å². The van der Waals surface area contributed by atoms with E-state index in [9.17, 15) is 0 Å². The number of anilines is 1. The largest absolute Gasteiger partial charge is 0.491 e. The Labute approximate surface area is 123 Å². The number of nitrogens with one attached hydrogen (secondary N) is 1. The molecule has 0 amide bonds. The highest BCUT2D eigenvalue weighted by atomic mass is 16.5. The molecule has 1 aliphatic rings. The molecule has 0 aliphatic heterocycles. The second kappa shape index (κ2) is 8.18. The molecular weight excluding hydrogens is 246 g/mol. The van der Waals surface area contributed by atoms with Crippen molar-refractivity contribution in [3.63, 3.8) is 0 Å². The van der Waals surface area contributed by atoms with Crippen molar-refractivity contribution in [3.8, 4) is 5.75 Å². The minimum atomic E-state index is 0.284. The minimum Gasteiger partial charge on any atom is -0.491 e. The zero-order valence-electron chi connectivity index (χ0n) is 13.0. The van der Waals surface area contributed by atoms with Crippen molar-refractivity contribution in [1.29, 1.82) is 0 Å². The van der Waals surface area contributed by atoms with Crippen molar-refractivity contribution < 1.29 is 4.74 Å². The van der Waals surface area contributed by atoms with E-state index in [2.05, 4.69) is 43.4 Å². The van der Waals surface area contributed by atoms with Crippen molar-refractivity contribution in [2.24, 2.45) is 0 Å². The lowest BCUT2D eigenvalue weighted by Crippen LogP contribution is -2.20. The van der Waals surface area contributed by atoms with Gasteiger partial charge in [-0.25, -0.2) is 0 Å². The topological polar surface area (TPSA) is 21.3 Å². The molecular formula is C18H29NO. The summed E-state index contributed by atoms with van der Waals surface area (Å²) in [6.45, 7) is 4.27. The number of hydrogen-bond donors (Lipinski definition) is 1. The predicted octanol–water partition coefficient (Wildman–Crippen LogP) is 5.39. The van der Waals surface area contributed by atoms with E-state index >= 15 is 0 Å². The van der Waals surface area contributed by atoms with E-state index in [1.165, 1.54) is 50.6 Å². The monoisotopic (exact) mass is 275 g/mol. The van der Waals surface area contributed by atoms with Gasteiger partial charge in [0.15, 0.2) is 0 Å². The highest BCUT2D eigenvalue weighted by Gasteiger charge is 2.11. The molecule has 0 heterocycles. The fraction of sp³-hybridized carbons (Fsp3) is 0.667. The van der Waals surface area contributed by atoms with E-state index in [1.54, 1.807) is 0 Å². The Morgan fingerprint density at radius 2 is 1.85 bits per heavy atom. The Hall–Kier alpha value is -1.18. The van der Waals surface area contributed by atoms with E-state index in [0.717, 1.165) is 12.2 Å². The van der Waals surface area contributed by atoms with Gasteiger partial charge >= 0.3 is 0 Å². The summed E-state index contributed by atoms with van der Waals surface area (Å²) in [4.78, 5) is 0. The summed E-state index contributed by atoms with van der Waals surface area (Å²) in [6.07, 6.45) is 10.9. The van der Waals surface area contributed by atoms with Crippen LogP contribution in [0.25, 0.3) is 0 Å². The van der Waals surface area contributed by atoms with Crippen LogP contribution in [0.4, 0.5) is 5.69 Å². The molecule has 1 aliphatic carbocycles. The minimum absolute atomic E-state index is 0.284. The zero-order chi connectivity index (χ0) is 14.2. The maximum Gasteiger partial charge on any atom is 0.121 e. The van der Waals surface area contributed by atoms with Gasteiger partial charge in [0.25, 0.3) is 0 Å². The lowest BCUT2D eigenvalue weighted by Gasteiger charge is -2.22. The number of rotatable bonds is 5. The molecule has 0 saturated heterocycles. The van der Waals surface area contributed by atoms with Crippen LogP contribution in [0.5, 0.6) is 5.75 Å². The first kappa shape index (κ1) is 15.2. The summed E-state index contributed by atoms with van der Waals surface area (Å²) in [6, 6.07) is 9.07. The zero-order valence-corrected chi connectivity index (χ0v) is 13.0. The van der Waals surface area contributed by atoms with Gasteiger partial charge in [-0.05, 0) is 38.3 Å². The molecule has 0 bridgehead atoms. The molecule has 1 fully saturated rings. The fourth-order valence-corrected chi connectivity index (χ4v) is 2.81. The Morgan fingerprint density at radius 1 is 1.15 bits per heavy atom. The van der Waals surface area contributed by atoms with Crippen LogP contribution in [-0.4, -0.2) is 12.1 Å². The second-order valence-corrected chi connectivity index (χ2v) is 6.05. The van der Waals surface area contributed by atoms with Crippen LogP contribution in [-0.2, 0) is 0 Å². The Balaban J connectivity index is 1.92. The molecule has 0 aromatic heterocycles. The number of hydrogen-bond acceptors (Lipinski definition) is 2. The Bertz CT molecular complexity index is 383. The van der Waals surface area contributed by atoms with Crippen LogP contribution in [0.15, 0.2) is 24.3 Å². The summed E-state index contributed by atoms with van der Waals surface area (Å²) >= 11 is 0. The van der Waals surface area contributed by atoms with Crippen LogP contribution < -0.4 is 10.1 Å². The third kappa shape index (κ3) is 5.07. The van der Waals surface area contributed by atoms with E-state index in [4.69, 9.17) is 4.74 Å². The van der Waals surface area contributed by atoms with E-state index < -0.39 is 0 Å². The normalized spacial score (nSPS) is 18.9. The van der Waals surface area contributed by atoms with E-state index in [-0.39, 0.29) is 6.10 Å². The molecule has 0 spiro atoms. The number of benzene rings is 1. The standard InChI is InChI=1S/C18H29NO/c1-3-15(2)20-18-13-9-12-17(14-18)19-16-10-7-5-4-6-8-11-16/h9,12-16,19H,3-8,10-11H2,1-2H3. The average molecular weight is 275 g/mol. The van der Waals surface area contributed by atoms with Crippen molar-refractivity contribution in [3.05, 3.63) is 24.3 Å². The van der Waals surface area contributed by atoms with Crippen LogP contribution >= 0.6 is 0 Å². The molecule has 1 N–H and O–H groups in total. The van der Waals surface area contributed by atoms with Crippen LogP contribution in [0.2, 0.25) is 0 Å². The fourth-order valence-electron chi connectivity index (χ4n) is 2.81. The summed E-state index contributed by atoms with van der Waals surface area (Å²) in [7, 11) is 0. The van der Waals surface area contributed by atoms with Gasteiger partial charge in [-0.1, -0.05) is 45.1 Å². The quantitative estimate of drug-likeness (QED) is 0.778. The number of ether oxygens (including phenoxy) is 1. The molecule has 0 radical (unpaired) electrons. The highest BCUT2D eigenvalue weighted by molar-refractivity contribution is 5.48. The van der Waals surface area contributed by atoms with Crippen LogP contribution in [0, 0.1) is 0 Å². The smallest absolute Gasteiger partial charge is 0.121 e. The molecule has 1 saturated carbocycles.